The van der Waals surface area contributed by atoms with Gasteiger partial charge in [0.2, 0.25) is 0 Å². The molecule has 1 fully saturated rings. The molecule has 7 nitrogen and oxygen atoms in total. The Morgan fingerprint density at radius 2 is 1.78 bits per heavy atom. The molecule has 0 spiro atoms. The minimum atomic E-state index is -0.167. The lowest BCUT2D eigenvalue weighted by molar-refractivity contribution is 0.102. The maximum atomic E-state index is 12.6. The average molecular weight is 364 g/mol. The first-order chi connectivity index (χ1) is 13.0. The van der Waals surface area contributed by atoms with E-state index in [0.29, 0.717) is 5.56 Å². The fraction of sp³-hybridized carbons (Fsp3) is 0.350. The molecule has 4 rings (SSSR count). The smallest absolute Gasteiger partial charge is 0.257 e. The Balaban J connectivity index is 1.47. The van der Waals surface area contributed by atoms with E-state index in [1.165, 1.54) is 5.69 Å². The monoisotopic (exact) mass is 364 g/mol. The molecule has 140 valence electrons. The number of pyridine rings is 1. The first-order valence-electron chi connectivity index (χ1n) is 9.15. The number of anilines is 2. The van der Waals surface area contributed by atoms with Gasteiger partial charge >= 0.3 is 0 Å². The largest absolute Gasteiger partial charge is 0.369 e. The van der Waals surface area contributed by atoms with Crippen LogP contribution in [0.2, 0.25) is 0 Å². The molecule has 27 heavy (non-hydrogen) atoms. The van der Waals surface area contributed by atoms with Gasteiger partial charge in [-0.05, 0) is 44.3 Å². The Morgan fingerprint density at radius 3 is 2.48 bits per heavy atom. The predicted octanol–water partition coefficient (Wildman–Crippen LogP) is 2.28. The molecule has 1 aliphatic rings. The molecule has 1 aliphatic heterocycles. The summed E-state index contributed by atoms with van der Waals surface area (Å²) in [5.41, 5.74) is 4.14. The van der Waals surface area contributed by atoms with Gasteiger partial charge < -0.3 is 15.1 Å². The minimum absolute atomic E-state index is 0.167. The van der Waals surface area contributed by atoms with Crippen LogP contribution in [0.25, 0.3) is 11.0 Å². The second-order valence-corrected chi connectivity index (χ2v) is 7.10. The van der Waals surface area contributed by atoms with E-state index >= 15 is 0 Å². The van der Waals surface area contributed by atoms with Crippen LogP contribution >= 0.6 is 0 Å². The standard InChI is InChI=1S/C20H24N6O/c1-14-18-12-15(13-21-19(18)25(3)23-14)20(27)22-16-4-6-17(7-5-16)26-10-8-24(2)9-11-26/h4-7,12-13H,8-11H2,1-3H3,(H,22,27). The van der Waals surface area contributed by atoms with Gasteiger partial charge in [-0.15, -0.1) is 0 Å². The van der Waals surface area contributed by atoms with Gasteiger partial charge in [-0.1, -0.05) is 0 Å². The van der Waals surface area contributed by atoms with Gasteiger partial charge in [0, 0.05) is 56.2 Å². The van der Waals surface area contributed by atoms with Crippen molar-refractivity contribution in [3.05, 3.63) is 47.8 Å². The number of carbonyl (C=O) groups excluding carboxylic acids is 1. The number of aromatic nitrogens is 3. The SMILES string of the molecule is Cc1nn(C)c2ncc(C(=O)Nc3ccc(N4CCN(C)CC4)cc3)cc12. The van der Waals surface area contributed by atoms with Crippen LogP contribution in [0, 0.1) is 6.92 Å². The number of amides is 1. The molecule has 1 saturated heterocycles. The summed E-state index contributed by atoms with van der Waals surface area (Å²) in [5, 5.41) is 8.20. The van der Waals surface area contributed by atoms with E-state index in [1.54, 1.807) is 10.9 Å². The molecule has 0 saturated carbocycles. The lowest BCUT2D eigenvalue weighted by atomic mass is 10.2. The number of aryl methyl sites for hydroxylation is 2. The molecule has 0 unspecified atom stereocenters. The number of hydrogen-bond donors (Lipinski definition) is 1. The van der Waals surface area contributed by atoms with Crippen molar-refractivity contribution in [2.45, 2.75) is 6.92 Å². The lowest BCUT2D eigenvalue weighted by Gasteiger charge is -2.34. The zero-order chi connectivity index (χ0) is 19.0. The van der Waals surface area contributed by atoms with Crippen LogP contribution in [-0.2, 0) is 7.05 Å². The van der Waals surface area contributed by atoms with Crippen molar-refractivity contribution in [3.8, 4) is 0 Å². The molecule has 1 N–H and O–H groups in total. The number of piperazine rings is 1. The van der Waals surface area contributed by atoms with E-state index in [0.717, 1.165) is 48.6 Å². The zero-order valence-electron chi connectivity index (χ0n) is 15.9. The average Bonchev–Trinajstić information content (AvgIpc) is 2.96. The van der Waals surface area contributed by atoms with E-state index in [4.69, 9.17) is 0 Å². The number of benzene rings is 1. The third-order valence-corrected chi connectivity index (χ3v) is 5.12. The number of carbonyl (C=O) groups is 1. The zero-order valence-corrected chi connectivity index (χ0v) is 15.9. The lowest BCUT2D eigenvalue weighted by Crippen LogP contribution is -2.44. The fourth-order valence-electron chi connectivity index (χ4n) is 3.46. The van der Waals surface area contributed by atoms with E-state index in [-0.39, 0.29) is 5.91 Å². The maximum Gasteiger partial charge on any atom is 0.257 e. The molecule has 3 heterocycles. The highest BCUT2D eigenvalue weighted by molar-refractivity contribution is 6.05. The van der Waals surface area contributed by atoms with Crippen molar-refractivity contribution in [1.82, 2.24) is 19.7 Å². The normalized spacial score (nSPS) is 15.3. The molecule has 1 aromatic carbocycles. The fourth-order valence-corrected chi connectivity index (χ4v) is 3.46. The number of rotatable bonds is 3. The van der Waals surface area contributed by atoms with Gasteiger partial charge in [-0.2, -0.15) is 5.10 Å². The van der Waals surface area contributed by atoms with Gasteiger partial charge in [0.05, 0.1) is 11.3 Å². The van der Waals surface area contributed by atoms with Gasteiger partial charge in [-0.25, -0.2) is 4.98 Å². The molecule has 0 atom stereocenters. The van der Waals surface area contributed by atoms with Crippen LogP contribution in [-0.4, -0.2) is 58.8 Å². The highest BCUT2D eigenvalue weighted by Gasteiger charge is 2.15. The number of likely N-dealkylation sites (N-methyl/N-ethyl adjacent to an activating group) is 1. The third-order valence-electron chi connectivity index (χ3n) is 5.12. The van der Waals surface area contributed by atoms with Crippen molar-refractivity contribution in [1.29, 1.82) is 0 Å². The summed E-state index contributed by atoms with van der Waals surface area (Å²) in [7, 11) is 4.00. The molecule has 1 amide bonds. The van der Waals surface area contributed by atoms with Crippen molar-refractivity contribution < 1.29 is 4.79 Å². The van der Waals surface area contributed by atoms with Crippen molar-refractivity contribution in [3.63, 3.8) is 0 Å². The van der Waals surface area contributed by atoms with Crippen LogP contribution in [0.5, 0.6) is 0 Å². The van der Waals surface area contributed by atoms with Crippen LogP contribution in [0.3, 0.4) is 0 Å². The topological polar surface area (TPSA) is 66.3 Å². The van der Waals surface area contributed by atoms with Gasteiger partial charge in [0.1, 0.15) is 0 Å². The molecule has 0 radical (unpaired) electrons. The number of hydrogen-bond acceptors (Lipinski definition) is 5. The van der Waals surface area contributed by atoms with Crippen molar-refractivity contribution in [2.75, 3.05) is 43.4 Å². The van der Waals surface area contributed by atoms with Crippen LogP contribution in [0.1, 0.15) is 16.1 Å². The van der Waals surface area contributed by atoms with E-state index in [9.17, 15) is 4.79 Å². The summed E-state index contributed by atoms with van der Waals surface area (Å²) in [5.74, 6) is -0.167. The summed E-state index contributed by atoms with van der Waals surface area (Å²) in [6.07, 6.45) is 1.59. The summed E-state index contributed by atoms with van der Waals surface area (Å²) in [6.45, 7) is 6.11. The Bertz CT molecular complexity index is 970. The van der Waals surface area contributed by atoms with Crippen LogP contribution in [0.4, 0.5) is 11.4 Å². The Kier molecular flexibility index (Phi) is 4.53. The third kappa shape index (κ3) is 3.50. The highest BCUT2D eigenvalue weighted by Crippen LogP contribution is 2.21. The Labute approximate surface area is 158 Å². The van der Waals surface area contributed by atoms with Gasteiger partial charge in [0.15, 0.2) is 5.65 Å². The number of nitrogens with zero attached hydrogens (tertiary/aromatic N) is 5. The molecular formula is C20H24N6O. The van der Waals surface area contributed by atoms with E-state index < -0.39 is 0 Å². The first kappa shape index (κ1) is 17.5. The number of fused-ring (bicyclic) bond motifs is 1. The Morgan fingerprint density at radius 1 is 1.07 bits per heavy atom. The first-order valence-corrected chi connectivity index (χ1v) is 9.15. The van der Waals surface area contributed by atoms with Crippen LogP contribution < -0.4 is 10.2 Å². The summed E-state index contributed by atoms with van der Waals surface area (Å²) >= 11 is 0. The van der Waals surface area contributed by atoms with Gasteiger partial charge in [0.25, 0.3) is 5.91 Å². The second kappa shape index (κ2) is 7.00. The number of nitrogens with one attached hydrogen (secondary N) is 1. The summed E-state index contributed by atoms with van der Waals surface area (Å²) < 4.78 is 1.73. The van der Waals surface area contributed by atoms with Crippen LogP contribution in [0.15, 0.2) is 36.5 Å². The molecule has 0 aliphatic carbocycles. The van der Waals surface area contributed by atoms with E-state index in [1.807, 2.05) is 32.2 Å². The summed E-state index contributed by atoms with van der Waals surface area (Å²) in [4.78, 5) is 21.7. The Hall–Kier alpha value is -2.93. The molecule has 0 bridgehead atoms. The molecule has 2 aromatic heterocycles. The highest BCUT2D eigenvalue weighted by atomic mass is 16.1. The predicted molar refractivity (Wildman–Crippen MR) is 107 cm³/mol. The van der Waals surface area contributed by atoms with Crippen molar-refractivity contribution in [2.24, 2.45) is 7.05 Å². The summed E-state index contributed by atoms with van der Waals surface area (Å²) in [6, 6.07) is 9.87. The molecule has 3 aromatic rings. The second-order valence-electron chi connectivity index (χ2n) is 7.10. The minimum Gasteiger partial charge on any atom is -0.369 e. The molecular weight excluding hydrogens is 340 g/mol. The maximum absolute atomic E-state index is 12.6. The van der Waals surface area contributed by atoms with E-state index in [2.05, 4.69) is 44.4 Å². The molecule has 7 heteroatoms. The quantitative estimate of drug-likeness (QED) is 0.772. The van der Waals surface area contributed by atoms with Crippen molar-refractivity contribution >= 4 is 28.3 Å². The van der Waals surface area contributed by atoms with Gasteiger partial charge in [-0.3, -0.25) is 9.48 Å².